The van der Waals surface area contributed by atoms with Gasteiger partial charge in [-0.1, -0.05) is 25.1 Å². The maximum atomic E-state index is 12.4. The SMILES string of the molecule is CCc1cccc(C)c1NC(=O)COc1ccc(N2C[C@H](C(=O)NC[C@@H](C)O)CC2=O)cc1. The first-order chi connectivity index (χ1) is 15.8. The fraction of sp³-hybridized carbons (Fsp3) is 0.400. The fourth-order valence-corrected chi connectivity index (χ4v) is 3.77. The van der Waals surface area contributed by atoms with Crippen LogP contribution < -0.4 is 20.3 Å². The second-order valence-corrected chi connectivity index (χ2v) is 8.29. The van der Waals surface area contributed by atoms with Gasteiger partial charge in [0.1, 0.15) is 5.75 Å². The number of aryl methyl sites for hydroxylation is 2. The highest BCUT2D eigenvalue weighted by molar-refractivity contribution is 6.00. The number of rotatable bonds is 9. The lowest BCUT2D eigenvalue weighted by atomic mass is 10.1. The number of benzene rings is 2. The van der Waals surface area contributed by atoms with Crippen LogP contribution in [0, 0.1) is 12.8 Å². The van der Waals surface area contributed by atoms with Gasteiger partial charge in [0.25, 0.3) is 5.91 Å². The van der Waals surface area contributed by atoms with Crippen LogP contribution in [-0.4, -0.2) is 48.6 Å². The predicted octanol–water partition coefficient (Wildman–Crippen LogP) is 2.42. The molecule has 176 valence electrons. The van der Waals surface area contributed by atoms with Gasteiger partial charge in [-0.15, -0.1) is 0 Å². The van der Waals surface area contributed by atoms with Crippen LogP contribution in [0.5, 0.6) is 5.75 Å². The molecule has 0 aromatic heterocycles. The zero-order valence-corrected chi connectivity index (χ0v) is 19.3. The summed E-state index contributed by atoms with van der Waals surface area (Å²) in [5.74, 6) is -0.566. The molecule has 1 heterocycles. The number of nitrogens with zero attached hydrogens (tertiary/aromatic N) is 1. The summed E-state index contributed by atoms with van der Waals surface area (Å²) in [6.45, 7) is 5.89. The van der Waals surface area contributed by atoms with E-state index < -0.39 is 12.0 Å². The topological polar surface area (TPSA) is 108 Å². The number of carbonyl (C=O) groups excluding carboxylic acids is 3. The van der Waals surface area contributed by atoms with E-state index >= 15 is 0 Å². The Hall–Kier alpha value is -3.39. The molecule has 0 aliphatic carbocycles. The van der Waals surface area contributed by atoms with Crippen molar-refractivity contribution in [2.24, 2.45) is 5.92 Å². The first-order valence-corrected chi connectivity index (χ1v) is 11.2. The number of nitrogens with one attached hydrogen (secondary N) is 2. The number of ether oxygens (including phenoxy) is 1. The van der Waals surface area contributed by atoms with E-state index in [4.69, 9.17) is 4.74 Å². The lowest BCUT2D eigenvalue weighted by Gasteiger charge is -2.17. The molecule has 8 heteroatoms. The third-order valence-electron chi connectivity index (χ3n) is 5.59. The Bertz CT molecular complexity index is 1000. The number of hydrogen-bond acceptors (Lipinski definition) is 5. The van der Waals surface area contributed by atoms with Crippen LogP contribution in [0.25, 0.3) is 0 Å². The third kappa shape index (κ3) is 6.32. The van der Waals surface area contributed by atoms with Crippen molar-refractivity contribution in [3.63, 3.8) is 0 Å². The molecule has 1 aliphatic rings. The lowest BCUT2D eigenvalue weighted by Crippen LogP contribution is -2.36. The van der Waals surface area contributed by atoms with Crippen molar-refractivity contribution in [2.45, 2.75) is 39.7 Å². The summed E-state index contributed by atoms with van der Waals surface area (Å²) in [6.07, 6.45) is 0.308. The molecule has 3 N–H and O–H groups in total. The molecule has 0 bridgehead atoms. The molecule has 0 unspecified atom stereocenters. The second kappa shape index (κ2) is 11.0. The number of carbonyl (C=O) groups is 3. The molecule has 0 saturated carbocycles. The molecule has 2 atom stereocenters. The van der Waals surface area contributed by atoms with Gasteiger partial charge in [-0.3, -0.25) is 14.4 Å². The average molecular weight is 454 g/mol. The van der Waals surface area contributed by atoms with Crippen molar-refractivity contribution in [3.05, 3.63) is 53.6 Å². The summed E-state index contributed by atoms with van der Waals surface area (Å²) in [5.41, 5.74) is 3.56. The Balaban J connectivity index is 1.54. The molecule has 1 aliphatic heterocycles. The highest BCUT2D eigenvalue weighted by Crippen LogP contribution is 2.27. The predicted molar refractivity (Wildman–Crippen MR) is 126 cm³/mol. The first kappa shape index (κ1) is 24.3. The third-order valence-corrected chi connectivity index (χ3v) is 5.59. The minimum atomic E-state index is -0.637. The van der Waals surface area contributed by atoms with E-state index in [0.717, 1.165) is 23.2 Å². The van der Waals surface area contributed by atoms with Gasteiger partial charge in [-0.2, -0.15) is 0 Å². The normalized spacial score (nSPS) is 16.4. The molecule has 3 rings (SSSR count). The molecule has 3 amide bonds. The molecule has 1 fully saturated rings. The first-order valence-electron chi connectivity index (χ1n) is 11.2. The largest absolute Gasteiger partial charge is 0.484 e. The molecule has 2 aromatic carbocycles. The number of aliphatic hydroxyl groups is 1. The van der Waals surface area contributed by atoms with Gasteiger partial charge in [0.2, 0.25) is 11.8 Å². The minimum absolute atomic E-state index is 0.128. The van der Waals surface area contributed by atoms with Crippen LogP contribution in [0.15, 0.2) is 42.5 Å². The van der Waals surface area contributed by atoms with Gasteiger partial charge >= 0.3 is 0 Å². The van der Waals surface area contributed by atoms with Crippen LogP contribution in [-0.2, 0) is 20.8 Å². The summed E-state index contributed by atoms with van der Waals surface area (Å²) in [7, 11) is 0. The number of anilines is 2. The minimum Gasteiger partial charge on any atom is -0.484 e. The molecule has 0 spiro atoms. The smallest absolute Gasteiger partial charge is 0.262 e. The van der Waals surface area contributed by atoms with Crippen LogP contribution in [0.2, 0.25) is 0 Å². The Labute approximate surface area is 193 Å². The fourth-order valence-electron chi connectivity index (χ4n) is 3.77. The number of hydrogen-bond donors (Lipinski definition) is 3. The van der Waals surface area contributed by atoms with Crippen molar-refractivity contribution in [2.75, 3.05) is 29.9 Å². The molecule has 0 radical (unpaired) electrons. The maximum Gasteiger partial charge on any atom is 0.262 e. The maximum absolute atomic E-state index is 12.4. The summed E-state index contributed by atoms with van der Waals surface area (Å²) < 4.78 is 5.61. The van der Waals surface area contributed by atoms with Gasteiger partial charge < -0.3 is 25.4 Å². The number of para-hydroxylation sites is 1. The monoisotopic (exact) mass is 453 g/mol. The standard InChI is InChI=1S/C25H31N3O5/c1-4-18-7-5-6-16(2)24(18)27-22(30)15-33-21-10-8-20(9-11-21)28-14-19(12-23(28)31)25(32)26-13-17(3)29/h5-11,17,19,29H,4,12-15H2,1-3H3,(H,26,32)(H,27,30)/t17-,19-/m1/s1. The molecule has 2 aromatic rings. The van der Waals surface area contributed by atoms with Gasteiger partial charge in [0.15, 0.2) is 6.61 Å². The van der Waals surface area contributed by atoms with Crippen molar-refractivity contribution < 1.29 is 24.2 Å². The van der Waals surface area contributed by atoms with Gasteiger partial charge in [-0.25, -0.2) is 0 Å². The zero-order valence-electron chi connectivity index (χ0n) is 19.3. The second-order valence-electron chi connectivity index (χ2n) is 8.29. The van der Waals surface area contributed by atoms with Gasteiger partial charge in [0, 0.05) is 30.9 Å². The van der Waals surface area contributed by atoms with E-state index in [1.807, 2.05) is 32.0 Å². The Morgan fingerprint density at radius 3 is 2.61 bits per heavy atom. The number of aliphatic hydroxyl groups excluding tert-OH is 1. The highest BCUT2D eigenvalue weighted by Gasteiger charge is 2.35. The summed E-state index contributed by atoms with van der Waals surface area (Å²) in [5, 5.41) is 14.9. The number of amides is 3. The molecular weight excluding hydrogens is 422 g/mol. The average Bonchev–Trinajstić information content (AvgIpc) is 3.19. The van der Waals surface area contributed by atoms with Gasteiger partial charge in [-0.05, 0) is 55.7 Å². The van der Waals surface area contributed by atoms with Crippen molar-refractivity contribution >= 4 is 29.1 Å². The van der Waals surface area contributed by atoms with E-state index in [-0.39, 0.29) is 43.8 Å². The van der Waals surface area contributed by atoms with Crippen molar-refractivity contribution in [3.8, 4) is 5.75 Å². The highest BCUT2D eigenvalue weighted by atomic mass is 16.5. The Morgan fingerprint density at radius 1 is 1.21 bits per heavy atom. The van der Waals surface area contributed by atoms with E-state index in [9.17, 15) is 19.5 Å². The molecule has 1 saturated heterocycles. The van der Waals surface area contributed by atoms with E-state index in [1.54, 1.807) is 36.1 Å². The molecule has 8 nitrogen and oxygen atoms in total. The molecule has 33 heavy (non-hydrogen) atoms. The summed E-state index contributed by atoms with van der Waals surface area (Å²) >= 11 is 0. The lowest BCUT2D eigenvalue weighted by molar-refractivity contribution is -0.126. The van der Waals surface area contributed by atoms with Crippen LogP contribution in [0.4, 0.5) is 11.4 Å². The van der Waals surface area contributed by atoms with Crippen LogP contribution >= 0.6 is 0 Å². The van der Waals surface area contributed by atoms with Crippen LogP contribution in [0.1, 0.15) is 31.4 Å². The Morgan fingerprint density at radius 2 is 1.94 bits per heavy atom. The van der Waals surface area contributed by atoms with E-state index in [0.29, 0.717) is 11.4 Å². The quantitative estimate of drug-likeness (QED) is 0.541. The van der Waals surface area contributed by atoms with Crippen LogP contribution in [0.3, 0.4) is 0 Å². The Kier molecular flexibility index (Phi) is 8.06. The van der Waals surface area contributed by atoms with E-state index in [1.165, 1.54) is 0 Å². The summed E-state index contributed by atoms with van der Waals surface area (Å²) in [6, 6.07) is 12.8. The summed E-state index contributed by atoms with van der Waals surface area (Å²) in [4.78, 5) is 38.5. The van der Waals surface area contributed by atoms with Crippen molar-refractivity contribution in [1.29, 1.82) is 0 Å². The van der Waals surface area contributed by atoms with Gasteiger partial charge in [0.05, 0.1) is 12.0 Å². The van der Waals surface area contributed by atoms with Crippen molar-refractivity contribution in [1.82, 2.24) is 5.32 Å². The molecular formula is C25H31N3O5. The van der Waals surface area contributed by atoms with E-state index in [2.05, 4.69) is 10.6 Å². The zero-order chi connectivity index (χ0) is 24.0.